The van der Waals surface area contributed by atoms with Gasteiger partial charge < -0.3 is 5.32 Å². The Labute approximate surface area is 127 Å². The third-order valence-electron chi connectivity index (χ3n) is 3.66. The van der Waals surface area contributed by atoms with E-state index in [0.29, 0.717) is 0 Å². The van der Waals surface area contributed by atoms with Crippen LogP contribution in [-0.4, -0.2) is 21.7 Å². The first-order valence-electron chi connectivity index (χ1n) is 7.68. The predicted molar refractivity (Wildman–Crippen MR) is 86.3 cm³/mol. The number of hydrogen-bond acceptors (Lipinski definition) is 3. The number of aromatic nitrogens is 3. The van der Waals surface area contributed by atoms with Crippen molar-refractivity contribution in [3.63, 3.8) is 0 Å². The van der Waals surface area contributed by atoms with Crippen molar-refractivity contribution < 1.29 is 0 Å². The molecule has 1 atom stereocenters. The molecule has 0 radical (unpaired) electrons. The minimum atomic E-state index is 0.188. The molecule has 0 aliphatic rings. The molecule has 0 saturated heterocycles. The summed E-state index contributed by atoms with van der Waals surface area (Å²) in [7, 11) is 0. The van der Waals surface area contributed by atoms with Gasteiger partial charge in [0.2, 0.25) is 0 Å². The zero-order valence-electron chi connectivity index (χ0n) is 13.5. The highest BCUT2D eigenvalue weighted by atomic mass is 15.2. The Morgan fingerprint density at radius 1 is 1.19 bits per heavy atom. The number of hydrogen-bond donors (Lipinski definition) is 2. The fourth-order valence-electron chi connectivity index (χ4n) is 2.34. The van der Waals surface area contributed by atoms with Crippen molar-refractivity contribution >= 4 is 0 Å². The van der Waals surface area contributed by atoms with Crippen LogP contribution in [0.15, 0.2) is 30.6 Å². The highest BCUT2D eigenvalue weighted by Gasteiger charge is 2.16. The van der Waals surface area contributed by atoms with E-state index in [1.807, 2.05) is 0 Å². The fraction of sp³-hybridized carbons (Fsp3) is 0.529. The maximum Gasteiger partial charge on any atom is 0.141 e. The van der Waals surface area contributed by atoms with Gasteiger partial charge in [-0.3, -0.25) is 5.10 Å². The molecule has 1 aromatic carbocycles. The molecule has 0 aliphatic heterocycles. The van der Waals surface area contributed by atoms with Crippen LogP contribution >= 0.6 is 0 Å². The smallest absolute Gasteiger partial charge is 0.141 e. The summed E-state index contributed by atoms with van der Waals surface area (Å²) in [6, 6.07) is 9.09. The maximum atomic E-state index is 4.29. The Morgan fingerprint density at radius 2 is 1.90 bits per heavy atom. The van der Waals surface area contributed by atoms with Gasteiger partial charge in [-0.15, -0.1) is 0 Å². The molecular weight excluding hydrogens is 260 g/mol. The first-order chi connectivity index (χ1) is 10.0. The van der Waals surface area contributed by atoms with Gasteiger partial charge in [0, 0.05) is 0 Å². The van der Waals surface area contributed by atoms with Crippen LogP contribution < -0.4 is 5.32 Å². The molecule has 0 aliphatic carbocycles. The number of nitrogens with one attached hydrogen (secondary N) is 2. The molecule has 0 spiro atoms. The van der Waals surface area contributed by atoms with Crippen LogP contribution in [0.2, 0.25) is 0 Å². The summed E-state index contributed by atoms with van der Waals surface area (Å²) in [4.78, 5) is 4.29. The lowest BCUT2D eigenvalue weighted by molar-refractivity contribution is 0.506. The normalized spacial score (nSPS) is 13.3. The van der Waals surface area contributed by atoms with Gasteiger partial charge in [0.05, 0.1) is 6.04 Å². The van der Waals surface area contributed by atoms with Crippen LogP contribution in [0.25, 0.3) is 0 Å². The van der Waals surface area contributed by atoms with Crippen molar-refractivity contribution in [3.05, 3.63) is 47.5 Å². The van der Waals surface area contributed by atoms with E-state index in [1.54, 1.807) is 6.33 Å². The molecule has 2 N–H and O–H groups in total. The van der Waals surface area contributed by atoms with E-state index in [-0.39, 0.29) is 11.5 Å². The molecule has 0 fully saturated rings. The summed E-state index contributed by atoms with van der Waals surface area (Å²) >= 11 is 0. The van der Waals surface area contributed by atoms with Gasteiger partial charge in [-0.1, -0.05) is 52.0 Å². The minimum absolute atomic E-state index is 0.188. The molecule has 4 heteroatoms. The highest BCUT2D eigenvalue weighted by Crippen LogP contribution is 2.23. The molecule has 2 rings (SSSR count). The Balaban J connectivity index is 2.09. The second kappa shape index (κ2) is 6.85. The quantitative estimate of drug-likeness (QED) is 0.856. The maximum absolute atomic E-state index is 4.29. The molecular formula is C17H26N4. The summed E-state index contributed by atoms with van der Waals surface area (Å²) in [5.41, 5.74) is 2.88. The second-order valence-corrected chi connectivity index (χ2v) is 6.53. The topological polar surface area (TPSA) is 53.6 Å². The standard InChI is InChI=1S/C17H26N4/c1-5-10-18-15(16-19-12-20-21-16)11-13-6-8-14(9-7-13)17(2,3)4/h6-9,12,15,18H,5,10-11H2,1-4H3,(H,19,20,21). The van der Waals surface area contributed by atoms with Crippen molar-refractivity contribution in [2.24, 2.45) is 0 Å². The van der Waals surface area contributed by atoms with Crippen LogP contribution in [0.1, 0.15) is 57.1 Å². The molecule has 2 aromatic rings. The lowest BCUT2D eigenvalue weighted by Gasteiger charge is -2.20. The van der Waals surface area contributed by atoms with E-state index >= 15 is 0 Å². The lowest BCUT2D eigenvalue weighted by atomic mass is 9.86. The average molecular weight is 286 g/mol. The van der Waals surface area contributed by atoms with Gasteiger partial charge in [-0.25, -0.2) is 4.98 Å². The Bertz CT molecular complexity index is 523. The van der Waals surface area contributed by atoms with Crippen molar-refractivity contribution in [3.8, 4) is 0 Å². The van der Waals surface area contributed by atoms with Crippen molar-refractivity contribution in [2.75, 3.05) is 6.54 Å². The van der Waals surface area contributed by atoms with Crippen molar-refractivity contribution in [1.82, 2.24) is 20.5 Å². The summed E-state index contributed by atoms with van der Waals surface area (Å²) in [5, 5.41) is 10.5. The number of benzene rings is 1. The first kappa shape index (κ1) is 15.7. The second-order valence-electron chi connectivity index (χ2n) is 6.53. The van der Waals surface area contributed by atoms with Gasteiger partial charge in [-0.05, 0) is 35.9 Å². The Morgan fingerprint density at radius 3 is 2.43 bits per heavy atom. The number of nitrogens with zero attached hydrogens (tertiary/aromatic N) is 2. The largest absolute Gasteiger partial charge is 0.307 e. The molecule has 21 heavy (non-hydrogen) atoms. The summed E-state index contributed by atoms with van der Waals surface area (Å²) in [6.45, 7) is 9.86. The molecule has 0 saturated carbocycles. The molecule has 0 amide bonds. The Hall–Kier alpha value is -1.68. The van der Waals surface area contributed by atoms with Gasteiger partial charge >= 0.3 is 0 Å². The van der Waals surface area contributed by atoms with E-state index < -0.39 is 0 Å². The van der Waals surface area contributed by atoms with Crippen molar-refractivity contribution in [1.29, 1.82) is 0 Å². The van der Waals surface area contributed by atoms with E-state index in [2.05, 4.69) is 72.5 Å². The molecule has 1 aromatic heterocycles. The van der Waals surface area contributed by atoms with E-state index in [0.717, 1.165) is 25.2 Å². The van der Waals surface area contributed by atoms with Crippen molar-refractivity contribution in [2.45, 2.75) is 52.0 Å². The van der Waals surface area contributed by atoms with Crippen LogP contribution in [0.3, 0.4) is 0 Å². The zero-order valence-corrected chi connectivity index (χ0v) is 13.5. The van der Waals surface area contributed by atoms with Crippen LogP contribution in [0.4, 0.5) is 0 Å². The number of aromatic amines is 1. The summed E-state index contributed by atoms with van der Waals surface area (Å²) in [6.07, 6.45) is 3.59. The molecule has 4 nitrogen and oxygen atoms in total. The van der Waals surface area contributed by atoms with Gasteiger partial charge in [0.25, 0.3) is 0 Å². The van der Waals surface area contributed by atoms with Gasteiger partial charge in [0.15, 0.2) is 0 Å². The highest BCUT2D eigenvalue weighted by molar-refractivity contribution is 5.28. The van der Waals surface area contributed by atoms with E-state index in [9.17, 15) is 0 Å². The van der Waals surface area contributed by atoms with Gasteiger partial charge in [-0.2, -0.15) is 5.10 Å². The third-order valence-corrected chi connectivity index (χ3v) is 3.66. The van der Waals surface area contributed by atoms with Crippen LogP contribution in [0.5, 0.6) is 0 Å². The van der Waals surface area contributed by atoms with Crippen LogP contribution in [0, 0.1) is 0 Å². The third kappa shape index (κ3) is 4.39. The number of H-pyrrole nitrogens is 1. The van der Waals surface area contributed by atoms with E-state index in [4.69, 9.17) is 0 Å². The molecule has 114 valence electrons. The Kier molecular flexibility index (Phi) is 5.12. The first-order valence-corrected chi connectivity index (χ1v) is 7.68. The summed E-state index contributed by atoms with van der Waals surface area (Å²) < 4.78 is 0. The average Bonchev–Trinajstić information content (AvgIpc) is 2.97. The van der Waals surface area contributed by atoms with Crippen LogP contribution in [-0.2, 0) is 11.8 Å². The zero-order chi connectivity index (χ0) is 15.3. The monoisotopic (exact) mass is 286 g/mol. The SMILES string of the molecule is CCCNC(Cc1ccc(C(C)(C)C)cc1)c1ncn[nH]1. The molecule has 1 heterocycles. The fourth-order valence-corrected chi connectivity index (χ4v) is 2.34. The predicted octanol–water partition coefficient (Wildman–Crippen LogP) is 3.39. The molecule has 0 bridgehead atoms. The summed E-state index contributed by atoms with van der Waals surface area (Å²) in [5.74, 6) is 0.906. The van der Waals surface area contributed by atoms with Gasteiger partial charge in [0.1, 0.15) is 12.2 Å². The van der Waals surface area contributed by atoms with E-state index in [1.165, 1.54) is 11.1 Å². The number of rotatable bonds is 6. The minimum Gasteiger partial charge on any atom is -0.307 e. The molecule has 1 unspecified atom stereocenters. The lowest BCUT2D eigenvalue weighted by Crippen LogP contribution is -2.25.